The minimum absolute atomic E-state index is 0.279. The van der Waals surface area contributed by atoms with Gasteiger partial charge in [-0.3, -0.25) is 0 Å². The van der Waals surface area contributed by atoms with E-state index >= 15 is 0 Å². The summed E-state index contributed by atoms with van der Waals surface area (Å²) in [6, 6.07) is 8.54. The third kappa shape index (κ3) is 2.60. The standard InChI is InChI=1S/C9H10Br2/c1-2-7-4-3-5-8(6-7)9(10)11/h3-6,9H,2H2,1H3. The van der Waals surface area contributed by atoms with Crippen molar-refractivity contribution < 1.29 is 0 Å². The summed E-state index contributed by atoms with van der Waals surface area (Å²) >= 11 is 6.92. The van der Waals surface area contributed by atoms with Crippen LogP contribution in [0, 0.1) is 0 Å². The second-order valence-electron chi connectivity index (χ2n) is 2.40. The molecule has 0 aliphatic rings. The highest BCUT2D eigenvalue weighted by molar-refractivity contribution is 9.24. The van der Waals surface area contributed by atoms with Crippen molar-refractivity contribution in [2.75, 3.05) is 0 Å². The number of alkyl halides is 2. The van der Waals surface area contributed by atoms with Crippen molar-refractivity contribution in [1.29, 1.82) is 0 Å². The largest absolute Gasteiger partial charge is 0.0946 e. The maximum Gasteiger partial charge on any atom is 0.0946 e. The summed E-state index contributed by atoms with van der Waals surface area (Å²) in [6.45, 7) is 2.16. The molecule has 1 aromatic carbocycles. The van der Waals surface area contributed by atoms with Crippen LogP contribution < -0.4 is 0 Å². The summed E-state index contributed by atoms with van der Waals surface area (Å²) in [4.78, 5) is 0. The molecule has 0 spiro atoms. The first kappa shape index (κ1) is 9.27. The Hall–Kier alpha value is 0.180. The van der Waals surface area contributed by atoms with Gasteiger partial charge in [0.1, 0.15) is 0 Å². The first-order valence-electron chi connectivity index (χ1n) is 3.61. The molecule has 0 saturated carbocycles. The van der Waals surface area contributed by atoms with Crippen LogP contribution in [0.3, 0.4) is 0 Å². The van der Waals surface area contributed by atoms with Crippen molar-refractivity contribution in [3.63, 3.8) is 0 Å². The summed E-state index contributed by atoms with van der Waals surface area (Å²) < 4.78 is 0.279. The maximum absolute atomic E-state index is 3.46. The second-order valence-corrected chi connectivity index (χ2v) is 5.46. The molecule has 2 heteroatoms. The highest BCUT2D eigenvalue weighted by atomic mass is 79.9. The lowest BCUT2D eigenvalue weighted by Crippen LogP contribution is -1.84. The summed E-state index contributed by atoms with van der Waals surface area (Å²) in [5.74, 6) is 0. The normalized spacial score (nSPS) is 10.5. The molecule has 11 heavy (non-hydrogen) atoms. The van der Waals surface area contributed by atoms with Gasteiger partial charge in [0.05, 0.1) is 3.74 Å². The molecule has 0 N–H and O–H groups in total. The summed E-state index contributed by atoms with van der Waals surface area (Å²) in [5, 5.41) is 0. The first-order chi connectivity index (χ1) is 5.24. The number of hydrogen-bond donors (Lipinski definition) is 0. The molecule has 0 bridgehead atoms. The molecule has 0 nitrogen and oxygen atoms in total. The first-order valence-corrected chi connectivity index (χ1v) is 5.44. The molecule has 0 aliphatic heterocycles. The molecule has 0 heterocycles. The summed E-state index contributed by atoms with van der Waals surface area (Å²) in [6.07, 6.45) is 1.10. The van der Waals surface area contributed by atoms with Crippen LogP contribution >= 0.6 is 31.9 Å². The molecule has 0 fully saturated rings. The van der Waals surface area contributed by atoms with Gasteiger partial charge in [-0.15, -0.1) is 0 Å². The van der Waals surface area contributed by atoms with Crippen LogP contribution in [0.15, 0.2) is 24.3 Å². The van der Waals surface area contributed by atoms with E-state index in [4.69, 9.17) is 0 Å². The average Bonchev–Trinajstić information content (AvgIpc) is 2.05. The van der Waals surface area contributed by atoms with Gasteiger partial charge in [-0.25, -0.2) is 0 Å². The molecule has 0 aliphatic carbocycles. The number of aryl methyl sites for hydroxylation is 1. The van der Waals surface area contributed by atoms with Gasteiger partial charge in [0.2, 0.25) is 0 Å². The van der Waals surface area contributed by atoms with Crippen molar-refractivity contribution in [1.82, 2.24) is 0 Å². The molecule has 0 unspecified atom stereocenters. The minimum atomic E-state index is 0.279. The van der Waals surface area contributed by atoms with Crippen LogP contribution in [0.1, 0.15) is 21.8 Å². The number of rotatable bonds is 2. The van der Waals surface area contributed by atoms with Gasteiger partial charge in [0.25, 0.3) is 0 Å². The quantitative estimate of drug-likeness (QED) is 0.716. The molecule has 0 saturated heterocycles. The zero-order valence-corrected chi connectivity index (χ0v) is 9.52. The van der Waals surface area contributed by atoms with E-state index in [2.05, 4.69) is 63.0 Å². The Labute approximate surface area is 84.3 Å². The van der Waals surface area contributed by atoms with E-state index in [-0.39, 0.29) is 3.74 Å². The van der Waals surface area contributed by atoms with Gasteiger partial charge >= 0.3 is 0 Å². The van der Waals surface area contributed by atoms with Gasteiger partial charge in [-0.05, 0) is 17.5 Å². The van der Waals surface area contributed by atoms with E-state index in [9.17, 15) is 0 Å². The van der Waals surface area contributed by atoms with Crippen molar-refractivity contribution >= 4 is 31.9 Å². The lowest BCUT2D eigenvalue weighted by molar-refractivity contribution is 1.13. The number of halogens is 2. The Morgan fingerprint density at radius 3 is 2.64 bits per heavy atom. The summed E-state index contributed by atoms with van der Waals surface area (Å²) in [5.41, 5.74) is 2.66. The number of benzene rings is 1. The molecule has 60 valence electrons. The molecular formula is C9H10Br2. The fourth-order valence-corrected chi connectivity index (χ4v) is 1.52. The maximum atomic E-state index is 3.46. The van der Waals surface area contributed by atoms with Gasteiger partial charge in [0, 0.05) is 0 Å². The van der Waals surface area contributed by atoms with Crippen molar-refractivity contribution in [3.8, 4) is 0 Å². The highest BCUT2D eigenvalue weighted by Gasteiger charge is 2.01. The minimum Gasteiger partial charge on any atom is -0.0712 e. The van der Waals surface area contributed by atoms with Crippen molar-refractivity contribution in [2.45, 2.75) is 17.1 Å². The lowest BCUT2D eigenvalue weighted by atomic mass is 10.1. The van der Waals surface area contributed by atoms with E-state index in [1.807, 2.05) is 0 Å². The van der Waals surface area contributed by atoms with E-state index in [1.54, 1.807) is 0 Å². The fourth-order valence-electron chi connectivity index (χ4n) is 0.949. The van der Waals surface area contributed by atoms with Gasteiger partial charge in [-0.1, -0.05) is 63.0 Å². The van der Waals surface area contributed by atoms with E-state index in [0.717, 1.165) is 6.42 Å². The van der Waals surface area contributed by atoms with Crippen molar-refractivity contribution in [2.24, 2.45) is 0 Å². The highest BCUT2D eigenvalue weighted by Crippen LogP contribution is 2.29. The Kier molecular flexibility index (Phi) is 3.60. The van der Waals surface area contributed by atoms with Crippen LogP contribution in [0.25, 0.3) is 0 Å². The van der Waals surface area contributed by atoms with E-state index < -0.39 is 0 Å². The molecule has 0 aromatic heterocycles. The van der Waals surface area contributed by atoms with Crippen LogP contribution in [0.4, 0.5) is 0 Å². The Morgan fingerprint density at radius 2 is 2.09 bits per heavy atom. The molecule has 0 radical (unpaired) electrons. The zero-order chi connectivity index (χ0) is 8.27. The van der Waals surface area contributed by atoms with E-state index in [1.165, 1.54) is 11.1 Å². The molecule has 1 rings (SSSR count). The Morgan fingerprint density at radius 1 is 1.36 bits per heavy atom. The topological polar surface area (TPSA) is 0 Å². The third-order valence-corrected chi connectivity index (χ3v) is 2.67. The van der Waals surface area contributed by atoms with Crippen LogP contribution in [0.5, 0.6) is 0 Å². The fraction of sp³-hybridized carbons (Fsp3) is 0.333. The SMILES string of the molecule is CCc1cccc(C(Br)Br)c1. The number of hydrogen-bond acceptors (Lipinski definition) is 0. The average molecular weight is 278 g/mol. The van der Waals surface area contributed by atoms with Gasteiger partial charge in [-0.2, -0.15) is 0 Å². The summed E-state index contributed by atoms with van der Waals surface area (Å²) in [7, 11) is 0. The smallest absolute Gasteiger partial charge is 0.0712 e. The van der Waals surface area contributed by atoms with Gasteiger partial charge < -0.3 is 0 Å². The Bertz CT molecular complexity index is 231. The monoisotopic (exact) mass is 276 g/mol. The predicted molar refractivity (Wildman–Crippen MR) is 56.4 cm³/mol. The predicted octanol–water partition coefficient (Wildman–Crippen LogP) is 4.04. The van der Waals surface area contributed by atoms with Crippen LogP contribution in [-0.4, -0.2) is 0 Å². The van der Waals surface area contributed by atoms with Crippen LogP contribution in [0.2, 0.25) is 0 Å². The van der Waals surface area contributed by atoms with E-state index in [0.29, 0.717) is 0 Å². The molecule has 0 atom stereocenters. The van der Waals surface area contributed by atoms with Gasteiger partial charge in [0.15, 0.2) is 0 Å². The molecular weight excluding hydrogens is 268 g/mol. The van der Waals surface area contributed by atoms with Crippen molar-refractivity contribution in [3.05, 3.63) is 35.4 Å². The zero-order valence-electron chi connectivity index (χ0n) is 6.35. The third-order valence-electron chi connectivity index (χ3n) is 1.61. The molecule has 0 amide bonds. The lowest BCUT2D eigenvalue weighted by Gasteiger charge is -2.03. The Balaban J connectivity index is 2.91. The molecule has 1 aromatic rings. The second kappa shape index (κ2) is 4.27. The van der Waals surface area contributed by atoms with Crippen LogP contribution in [-0.2, 0) is 6.42 Å².